The van der Waals surface area contributed by atoms with Gasteiger partial charge in [0.05, 0.1) is 5.25 Å². The summed E-state index contributed by atoms with van der Waals surface area (Å²) in [7, 11) is 0. The Hall–Kier alpha value is -2.61. The second kappa shape index (κ2) is 7.98. The van der Waals surface area contributed by atoms with Gasteiger partial charge in [-0.25, -0.2) is 14.8 Å². The van der Waals surface area contributed by atoms with Gasteiger partial charge in [-0.05, 0) is 39.3 Å². The van der Waals surface area contributed by atoms with Crippen LogP contribution in [0.3, 0.4) is 0 Å². The molecule has 7 nitrogen and oxygen atoms in total. The predicted octanol–water partition coefficient (Wildman–Crippen LogP) is 2.81. The number of nitrogen functional groups attached to an aromatic ring is 1. The van der Waals surface area contributed by atoms with Gasteiger partial charge in [-0.15, -0.1) is 0 Å². The molecule has 1 aromatic heterocycles. The van der Waals surface area contributed by atoms with Gasteiger partial charge < -0.3 is 11.1 Å². The first kappa shape index (κ1) is 18.7. The number of nitrogens with zero attached hydrogens (tertiary/aromatic N) is 2. The number of hydrogen-bond acceptors (Lipinski definition) is 6. The van der Waals surface area contributed by atoms with E-state index >= 15 is 0 Å². The summed E-state index contributed by atoms with van der Waals surface area (Å²) >= 11 is 1.14. The van der Waals surface area contributed by atoms with E-state index in [4.69, 9.17) is 5.73 Å². The molecule has 3 amide bonds. The highest BCUT2D eigenvalue weighted by Crippen LogP contribution is 2.21. The minimum absolute atomic E-state index is 0.343. The van der Waals surface area contributed by atoms with E-state index in [-0.39, 0.29) is 0 Å². The number of urea groups is 1. The SMILES string of the molecule is Cc1ccc(NC(=O)NC(=O)C(C)Sc2nc(C)cc(N)n2)c(C)c1. The third kappa shape index (κ3) is 5.46. The number of benzene rings is 1. The zero-order valence-electron chi connectivity index (χ0n) is 14.6. The number of anilines is 2. The maximum atomic E-state index is 12.2. The highest BCUT2D eigenvalue weighted by molar-refractivity contribution is 8.00. The van der Waals surface area contributed by atoms with Gasteiger partial charge in [0, 0.05) is 17.4 Å². The summed E-state index contributed by atoms with van der Waals surface area (Å²) in [6.07, 6.45) is 0. The average molecular weight is 359 g/mol. The van der Waals surface area contributed by atoms with Crippen molar-refractivity contribution in [1.82, 2.24) is 15.3 Å². The van der Waals surface area contributed by atoms with E-state index in [2.05, 4.69) is 20.6 Å². The molecule has 1 unspecified atom stereocenters. The largest absolute Gasteiger partial charge is 0.384 e. The molecule has 25 heavy (non-hydrogen) atoms. The van der Waals surface area contributed by atoms with E-state index in [0.29, 0.717) is 16.7 Å². The molecule has 0 saturated heterocycles. The van der Waals surface area contributed by atoms with Crippen molar-refractivity contribution in [1.29, 1.82) is 0 Å². The van der Waals surface area contributed by atoms with Gasteiger partial charge in [0.15, 0.2) is 5.16 Å². The lowest BCUT2D eigenvalue weighted by Crippen LogP contribution is -2.39. The standard InChI is InChI=1S/C17H21N5O2S/c1-9-5-6-13(10(2)7-9)20-16(24)22-15(23)12(4)25-17-19-11(3)8-14(18)21-17/h5-8,12H,1-4H3,(H2,18,19,21)(H2,20,22,23,24). The molecule has 1 heterocycles. The molecule has 8 heteroatoms. The van der Waals surface area contributed by atoms with Crippen LogP contribution in [0.25, 0.3) is 0 Å². The number of amides is 3. The van der Waals surface area contributed by atoms with E-state index in [9.17, 15) is 9.59 Å². The smallest absolute Gasteiger partial charge is 0.325 e. The minimum atomic E-state index is -0.575. The molecule has 0 aliphatic carbocycles. The first-order valence-corrected chi connectivity index (χ1v) is 8.59. The molecule has 4 N–H and O–H groups in total. The number of aryl methyl sites for hydroxylation is 3. The first-order valence-electron chi connectivity index (χ1n) is 7.71. The molecular formula is C17H21N5O2S. The molecule has 0 radical (unpaired) electrons. The van der Waals surface area contributed by atoms with Gasteiger partial charge in [-0.1, -0.05) is 29.5 Å². The first-order chi connectivity index (χ1) is 11.7. The van der Waals surface area contributed by atoms with E-state index < -0.39 is 17.2 Å². The zero-order valence-corrected chi connectivity index (χ0v) is 15.4. The van der Waals surface area contributed by atoms with Crippen molar-refractivity contribution < 1.29 is 9.59 Å². The van der Waals surface area contributed by atoms with E-state index in [0.717, 1.165) is 28.6 Å². The van der Waals surface area contributed by atoms with Crippen LogP contribution in [0.5, 0.6) is 0 Å². The van der Waals surface area contributed by atoms with Gasteiger partial charge in [0.1, 0.15) is 5.82 Å². The van der Waals surface area contributed by atoms with Crippen LogP contribution in [-0.2, 0) is 4.79 Å². The number of aromatic nitrogens is 2. The lowest BCUT2D eigenvalue weighted by molar-refractivity contribution is -0.119. The van der Waals surface area contributed by atoms with Crippen LogP contribution in [0.2, 0.25) is 0 Å². The lowest BCUT2D eigenvalue weighted by Gasteiger charge is -2.13. The van der Waals surface area contributed by atoms with Crippen molar-refractivity contribution in [2.75, 3.05) is 11.1 Å². The Kier molecular flexibility index (Phi) is 5.97. The summed E-state index contributed by atoms with van der Waals surface area (Å²) in [5.41, 5.74) is 9.07. The van der Waals surface area contributed by atoms with E-state index in [1.165, 1.54) is 0 Å². The van der Waals surface area contributed by atoms with Crippen LogP contribution in [0, 0.1) is 20.8 Å². The van der Waals surface area contributed by atoms with Crippen molar-refractivity contribution in [3.8, 4) is 0 Å². The molecule has 0 saturated carbocycles. The molecule has 0 aliphatic rings. The maximum Gasteiger partial charge on any atom is 0.325 e. The summed E-state index contributed by atoms with van der Waals surface area (Å²) in [5.74, 6) is -0.0915. The fourth-order valence-corrected chi connectivity index (χ4v) is 2.99. The summed E-state index contributed by atoms with van der Waals surface area (Å²) in [6.45, 7) is 7.33. The summed E-state index contributed by atoms with van der Waals surface area (Å²) < 4.78 is 0. The maximum absolute atomic E-state index is 12.2. The number of nitrogens with one attached hydrogen (secondary N) is 2. The third-order valence-electron chi connectivity index (χ3n) is 3.37. The van der Waals surface area contributed by atoms with Crippen LogP contribution in [-0.4, -0.2) is 27.2 Å². The van der Waals surface area contributed by atoms with Crippen LogP contribution in [0.4, 0.5) is 16.3 Å². The van der Waals surface area contributed by atoms with Gasteiger partial charge >= 0.3 is 6.03 Å². The van der Waals surface area contributed by atoms with Crippen molar-refractivity contribution in [3.63, 3.8) is 0 Å². The third-order valence-corrected chi connectivity index (χ3v) is 4.33. The molecule has 0 spiro atoms. The summed E-state index contributed by atoms with van der Waals surface area (Å²) in [4.78, 5) is 32.5. The average Bonchev–Trinajstić information content (AvgIpc) is 2.49. The highest BCUT2D eigenvalue weighted by atomic mass is 32.2. The fourth-order valence-electron chi connectivity index (χ4n) is 2.15. The molecule has 1 atom stereocenters. The molecule has 0 fully saturated rings. The molecule has 2 aromatic rings. The number of rotatable bonds is 4. The number of carbonyl (C=O) groups is 2. The van der Waals surface area contributed by atoms with Crippen LogP contribution in [0.15, 0.2) is 29.4 Å². The number of nitrogens with two attached hydrogens (primary N) is 1. The quantitative estimate of drug-likeness (QED) is 0.572. The van der Waals surface area contributed by atoms with Crippen molar-refractivity contribution in [3.05, 3.63) is 41.1 Å². The molecule has 132 valence electrons. The van der Waals surface area contributed by atoms with Gasteiger partial charge in [0.25, 0.3) is 0 Å². The summed E-state index contributed by atoms with van der Waals surface area (Å²) in [5, 5.41) is 4.84. The van der Waals surface area contributed by atoms with Crippen LogP contribution in [0.1, 0.15) is 23.7 Å². The highest BCUT2D eigenvalue weighted by Gasteiger charge is 2.19. The monoisotopic (exact) mass is 359 g/mol. The molecule has 2 rings (SSSR count). The lowest BCUT2D eigenvalue weighted by atomic mass is 10.1. The minimum Gasteiger partial charge on any atom is -0.384 e. The number of imide groups is 1. The Morgan fingerprint density at radius 3 is 2.52 bits per heavy atom. The van der Waals surface area contributed by atoms with E-state index in [1.54, 1.807) is 26.0 Å². The number of carbonyl (C=O) groups excluding carboxylic acids is 2. The van der Waals surface area contributed by atoms with Crippen molar-refractivity contribution in [2.45, 2.75) is 38.1 Å². The Morgan fingerprint density at radius 2 is 1.88 bits per heavy atom. The Balaban J connectivity index is 1.94. The Bertz CT molecular complexity index is 789. The number of thioether (sulfide) groups is 1. The Morgan fingerprint density at radius 1 is 1.16 bits per heavy atom. The van der Waals surface area contributed by atoms with Gasteiger partial charge in [0.2, 0.25) is 5.91 Å². The molecule has 1 aromatic carbocycles. The fraction of sp³-hybridized carbons (Fsp3) is 0.294. The Labute approximate surface area is 150 Å². The van der Waals surface area contributed by atoms with Crippen molar-refractivity contribution >= 4 is 35.2 Å². The van der Waals surface area contributed by atoms with Gasteiger partial charge in [-0.3, -0.25) is 10.1 Å². The number of hydrogen-bond donors (Lipinski definition) is 3. The topological polar surface area (TPSA) is 110 Å². The second-order valence-corrected chi connectivity index (χ2v) is 7.05. The predicted molar refractivity (Wildman–Crippen MR) is 99.6 cm³/mol. The molecular weight excluding hydrogens is 338 g/mol. The zero-order chi connectivity index (χ0) is 18.6. The summed E-state index contributed by atoms with van der Waals surface area (Å²) in [6, 6.07) is 6.72. The van der Waals surface area contributed by atoms with Crippen LogP contribution < -0.4 is 16.4 Å². The normalized spacial score (nSPS) is 11.7. The second-order valence-electron chi connectivity index (χ2n) is 5.74. The van der Waals surface area contributed by atoms with Crippen molar-refractivity contribution in [2.24, 2.45) is 0 Å². The molecule has 0 aliphatic heterocycles. The van der Waals surface area contributed by atoms with Crippen LogP contribution >= 0.6 is 11.8 Å². The van der Waals surface area contributed by atoms with Gasteiger partial charge in [-0.2, -0.15) is 0 Å². The molecule has 0 bridgehead atoms. The van der Waals surface area contributed by atoms with E-state index in [1.807, 2.05) is 26.0 Å².